The second kappa shape index (κ2) is 13.6. The van der Waals surface area contributed by atoms with Crippen LogP contribution in [0.2, 0.25) is 0 Å². The summed E-state index contributed by atoms with van der Waals surface area (Å²) in [7, 11) is 0. The molecule has 35 heavy (non-hydrogen) atoms. The summed E-state index contributed by atoms with van der Waals surface area (Å²) in [5.74, 6) is -6.70. The molecule has 1 aromatic heterocycles. The first kappa shape index (κ1) is 29.0. The highest BCUT2D eigenvalue weighted by Gasteiger charge is 2.33. The Morgan fingerprint density at radius 1 is 1.03 bits per heavy atom. The van der Waals surface area contributed by atoms with E-state index in [2.05, 4.69) is 25.9 Å². The molecule has 0 saturated heterocycles. The van der Waals surface area contributed by atoms with Crippen LogP contribution in [0.3, 0.4) is 0 Å². The Bertz CT molecular complexity index is 920. The lowest BCUT2D eigenvalue weighted by molar-refractivity contribution is -0.145. The summed E-state index contributed by atoms with van der Waals surface area (Å²) in [6, 6.07) is -6.07. The molecule has 0 bridgehead atoms. The maximum Gasteiger partial charge on any atom is 0.328 e. The van der Waals surface area contributed by atoms with Crippen molar-refractivity contribution in [2.24, 2.45) is 11.5 Å². The number of imidazole rings is 1. The van der Waals surface area contributed by atoms with Gasteiger partial charge < -0.3 is 47.7 Å². The third-order valence-corrected chi connectivity index (χ3v) is 4.71. The number of H-pyrrole nitrogens is 1. The number of carbonyl (C=O) groups excluding carboxylic acids is 4. The van der Waals surface area contributed by atoms with E-state index >= 15 is 0 Å². The largest absolute Gasteiger partial charge is 0.481 e. The van der Waals surface area contributed by atoms with Gasteiger partial charge >= 0.3 is 11.9 Å². The molecule has 4 amide bonds. The summed E-state index contributed by atoms with van der Waals surface area (Å²) in [6.45, 7) is 1.14. The molecule has 5 atom stereocenters. The van der Waals surface area contributed by atoms with Crippen LogP contribution in [-0.4, -0.2) is 91.1 Å². The zero-order valence-electron chi connectivity index (χ0n) is 18.8. The van der Waals surface area contributed by atoms with Crippen LogP contribution in [0.5, 0.6) is 0 Å². The number of aliphatic hydroxyl groups excluding tert-OH is 1. The van der Waals surface area contributed by atoms with E-state index in [4.69, 9.17) is 16.6 Å². The van der Waals surface area contributed by atoms with E-state index in [1.807, 2.05) is 0 Å². The number of aromatic nitrogens is 2. The molecule has 16 heteroatoms. The number of aliphatic carboxylic acids is 2. The number of aliphatic hydroxyl groups is 1. The smallest absolute Gasteiger partial charge is 0.328 e. The summed E-state index contributed by atoms with van der Waals surface area (Å²) in [4.78, 5) is 77.8. The Labute approximate surface area is 198 Å². The summed E-state index contributed by atoms with van der Waals surface area (Å²) in [6.07, 6.45) is -0.290. The van der Waals surface area contributed by atoms with Crippen LogP contribution in [0.25, 0.3) is 0 Å². The fourth-order valence-electron chi connectivity index (χ4n) is 2.83. The lowest BCUT2D eigenvalue weighted by Gasteiger charge is -2.25. The lowest BCUT2D eigenvalue weighted by Crippen LogP contribution is -2.59. The summed E-state index contributed by atoms with van der Waals surface area (Å²) in [5, 5.41) is 34.5. The lowest BCUT2D eigenvalue weighted by atomic mass is 10.1. The number of hydrogen-bond donors (Lipinski definition) is 9. The molecule has 1 heterocycles. The number of nitrogens with one attached hydrogen (secondary N) is 4. The van der Waals surface area contributed by atoms with Crippen LogP contribution in [0.4, 0.5) is 0 Å². The van der Waals surface area contributed by atoms with E-state index in [0.29, 0.717) is 5.69 Å². The normalized spacial score (nSPS) is 15.1. The predicted octanol–water partition coefficient (Wildman–Crippen LogP) is -4.06. The van der Waals surface area contributed by atoms with Crippen molar-refractivity contribution >= 4 is 35.6 Å². The number of nitrogens with two attached hydrogens (primary N) is 2. The van der Waals surface area contributed by atoms with E-state index in [1.54, 1.807) is 0 Å². The van der Waals surface area contributed by atoms with Gasteiger partial charge in [0, 0.05) is 24.7 Å². The minimum absolute atomic E-state index is 0.149. The molecule has 0 radical (unpaired) electrons. The van der Waals surface area contributed by atoms with Gasteiger partial charge in [-0.3, -0.25) is 24.0 Å². The first-order valence-electron chi connectivity index (χ1n) is 10.4. The molecule has 5 unspecified atom stereocenters. The van der Waals surface area contributed by atoms with Crippen molar-refractivity contribution in [2.45, 2.75) is 62.9 Å². The number of carboxylic acid groups (broad SMARTS) is 2. The van der Waals surface area contributed by atoms with Crippen LogP contribution >= 0.6 is 0 Å². The van der Waals surface area contributed by atoms with Gasteiger partial charge in [0.1, 0.15) is 12.1 Å². The molecule has 0 aliphatic rings. The summed E-state index contributed by atoms with van der Waals surface area (Å²) >= 11 is 0. The number of carbonyl (C=O) groups is 6. The van der Waals surface area contributed by atoms with Gasteiger partial charge in [-0.1, -0.05) is 0 Å². The highest BCUT2D eigenvalue weighted by molar-refractivity contribution is 5.95. The van der Waals surface area contributed by atoms with Crippen LogP contribution in [0.1, 0.15) is 31.9 Å². The maximum atomic E-state index is 12.8. The number of carboxylic acids is 2. The Morgan fingerprint density at radius 2 is 1.63 bits per heavy atom. The second-order valence-electron chi connectivity index (χ2n) is 7.68. The average Bonchev–Trinajstić information content (AvgIpc) is 3.26. The number of aromatic amines is 1. The summed E-state index contributed by atoms with van der Waals surface area (Å²) in [5.41, 5.74) is 11.0. The van der Waals surface area contributed by atoms with E-state index in [-0.39, 0.29) is 19.3 Å². The molecule has 1 aromatic rings. The van der Waals surface area contributed by atoms with Gasteiger partial charge in [0.05, 0.1) is 24.9 Å². The molecule has 1 rings (SSSR count). The van der Waals surface area contributed by atoms with Gasteiger partial charge in [-0.25, -0.2) is 9.78 Å². The quantitative estimate of drug-likeness (QED) is 0.112. The van der Waals surface area contributed by atoms with Gasteiger partial charge in [0.25, 0.3) is 0 Å². The first-order chi connectivity index (χ1) is 16.3. The van der Waals surface area contributed by atoms with Gasteiger partial charge in [-0.05, 0) is 13.3 Å². The highest BCUT2D eigenvalue weighted by Crippen LogP contribution is 2.04. The van der Waals surface area contributed by atoms with Crippen molar-refractivity contribution < 1.29 is 44.1 Å². The standard InChI is InChI=1S/C19H29N7O9/c1-8(27)15(19(34)35)26-18(33)11(4-9-6-22-7-23-9)25-17(32)12(5-14(29)30)24-16(31)10(20)2-3-13(21)28/h6-8,10-12,15,27H,2-5,20H2,1H3,(H2,21,28)(H,22,23)(H,24,31)(H,25,32)(H,26,33)(H,29,30)(H,34,35). The Kier molecular flexibility index (Phi) is 11.3. The molecule has 16 nitrogen and oxygen atoms in total. The van der Waals surface area contributed by atoms with Crippen LogP contribution < -0.4 is 27.4 Å². The maximum absolute atomic E-state index is 12.8. The first-order valence-corrected chi connectivity index (χ1v) is 10.4. The third kappa shape index (κ3) is 10.2. The van der Waals surface area contributed by atoms with Gasteiger partial charge in [-0.2, -0.15) is 0 Å². The zero-order chi connectivity index (χ0) is 26.7. The molecule has 0 aliphatic heterocycles. The zero-order valence-corrected chi connectivity index (χ0v) is 18.8. The fourth-order valence-corrected chi connectivity index (χ4v) is 2.83. The monoisotopic (exact) mass is 499 g/mol. The molecule has 0 aliphatic carbocycles. The van der Waals surface area contributed by atoms with Crippen molar-refractivity contribution in [1.82, 2.24) is 25.9 Å². The fraction of sp³-hybridized carbons (Fsp3) is 0.526. The van der Waals surface area contributed by atoms with E-state index in [9.17, 15) is 39.0 Å². The number of nitrogens with zero attached hydrogens (tertiary/aromatic N) is 1. The number of hydrogen-bond acceptors (Lipinski definition) is 9. The number of primary amides is 1. The van der Waals surface area contributed by atoms with Crippen molar-refractivity contribution in [3.8, 4) is 0 Å². The predicted molar refractivity (Wildman–Crippen MR) is 116 cm³/mol. The molecule has 0 saturated carbocycles. The van der Waals surface area contributed by atoms with Crippen LogP contribution in [-0.2, 0) is 35.2 Å². The highest BCUT2D eigenvalue weighted by atomic mass is 16.4. The molecular formula is C19H29N7O9. The van der Waals surface area contributed by atoms with Crippen LogP contribution in [0, 0.1) is 0 Å². The minimum atomic E-state index is -1.69. The topological polar surface area (TPSA) is 280 Å². The van der Waals surface area contributed by atoms with Crippen molar-refractivity contribution in [1.29, 1.82) is 0 Å². The SMILES string of the molecule is CC(O)C(NC(=O)C(Cc1cnc[nH]1)NC(=O)C(CC(=O)O)NC(=O)C(N)CCC(N)=O)C(=O)O. The molecule has 194 valence electrons. The summed E-state index contributed by atoms with van der Waals surface area (Å²) < 4.78 is 0. The van der Waals surface area contributed by atoms with Crippen LogP contribution in [0.15, 0.2) is 12.5 Å². The Balaban J connectivity index is 3.05. The molecular weight excluding hydrogens is 470 g/mol. The van der Waals surface area contributed by atoms with E-state index < -0.39 is 72.3 Å². The molecule has 0 fully saturated rings. The minimum Gasteiger partial charge on any atom is -0.481 e. The average molecular weight is 499 g/mol. The molecule has 0 aromatic carbocycles. The van der Waals surface area contributed by atoms with E-state index in [0.717, 1.165) is 6.92 Å². The van der Waals surface area contributed by atoms with Crippen molar-refractivity contribution in [3.05, 3.63) is 18.2 Å². The Hall–Kier alpha value is -4.05. The number of rotatable bonds is 15. The van der Waals surface area contributed by atoms with Crippen molar-refractivity contribution in [3.63, 3.8) is 0 Å². The van der Waals surface area contributed by atoms with Gasteiger partial charge in [0.2, 0.25) is 23.6 Å². The molecule has 11 N–H and O–H groups in total. The Morgan fingerprint density at radius 3 is 2.11 bits per heavy atom. The van der Waals surface area contributed by atoms with Crippen molar-refractivity contribution in [2.75, 3.05) is 0 Å². The van der Waals surface area contributed by atoms with Gasteiger partial charge in [0.15, 0.2) is 6.04 Å². The van der Waals surface area contributed by atoms with E-state index in [1.165, 1.54) is 12.5 Å². The third-order valence-electron chi connectivity index (χ3n) is 4.71. The second-order valence-corrected chi connectivity index (χ2v) is 7.68. The van der Waals surface area contributed by atoms with Gasteiger partial charge in [-0.15, -0.1) is 0 Å². The number of amides is 4. The molecule has 0 spiro atoms.